The maximum Gasteiger partial charge on any atom is 0.474 e. The molecule has 1 aromatic carbocycles. The zero-order valence-corrected chi connectivity index (χ0v) is 12.7. The standard InChI is InChI=1S/C14H16NO6P/c16-13-10-6-3-4-7-11(10)14(17)15(13)12-8-2-1-5-9-20-22(18,19)21-12/h3-4,6-7,12H,1-2,5,8-9H2,(H,18,19). The van der Waals surface area contributed by atoms with Crippen LogP contribution >= 0.6 is 7.82 Å². The van der Waals surface area contributed by atoms with Crippen LogP contribution in [0.5, 0.6) is 0 Å². The molecule has 2 atom stereocenters. The Bertz CT molecular complexity index is 625. The molecular weight excluding hydrogens is 309 g/mol. The van der Waals surface area contributed by atoms with E-state index in [4.69, 9.17) is 9.05 Å². The van der Waals surface area contributed by atoms with Gasteiger partial charge in [-0.3, -0.25) is 18.6 Å². The zero-order valence-electron chi connectivity index (χ0n) is 11.8. The van der Waals surface area contributed by atoms with E-state index in [1.807, 2.05) is 0 Å². The number of rotatable bonds is 1. The molecule has 1 saturated heterocycles. The lowest BCUT2D eigenvalue weighted by atomic mass is 10.1. The molecule has 1 fully saturated rings. The van der Waals surface area contributed by atoms with Crippen molar-refractivity contribution in [2.45, 2.75) is 31.9 Å². The van der Waals surface area contributed by atoms with Crippen molar-refractivity contribution < 1.29 is 28.1 Å². The van der Waals surface area contributed by atoms with Crippen molar-refractivity contribution in [3.63, 3.8) is 0 Å². The Morgan fingerprint density at radius 2 is 1.73 bits per heavy atom. The van der Waals surface area contributed by atoms with Crippen LogP contribution in [-0.4, -0.2) is 34.4 Å². The number of hydrogen-bond acceptors (Lipinski definition) is 5. The summed E-state index contributed by atoms with van der Waals surface area (Å²) in [6.07, 6.45) is 1.27. The van der Waals surface area contributed by atoms with Crippen molar-refractivity contribution in [1.29, 1.82) is 0 Å². The highest BCUT2D eigenvalue weighted by atomic mass is 31.2. The van der Waals surface area contributed by atoms with Gasteiger partial charge in [-0.2, -0.15) is 0 Å². The third-order valence-electron chi connectivity index (χ3n) is 3.72. The molecule has 2 unspecified atom stereocenters. The average molecular weight is 325 g/mol. The molecule has 0 bridgehead atoms. The summed E-state index contributed by atoms with van der Waals surface area (Å²) in [6.45, 7) is 0.114. The lowest BCUT2D eigenvalue weighted by molar-refractivity contribution is 0.00673. The summed E-state index contributed by atoms with van der Waals surface area (Å²) in [6, 6.07) is 6.44. The monoisotopic (exact) mass is 325 g/mol. The number of nitrogens with zero attached hydrogens (tertiary/aromatic N) is 1. The Morgan fingerprint density at radius 1 is 1.09 bits per heavy atom. The lowest BCUT2D eigenvalue weighted by Gasteiger charge is -2.26. The molecule has 118 valence electrons. The molecule has 0 aromatic heterocycles. The van der Waals surface area contributed by atoms with E-state index in [0.29, 0.717) is 19.3 Å². The quantitative estimate of drug-likeness (QED) is 0.629. The number of phosphoric acid groups is 1. The molecule has 2 aliphatic heterocycles. The normalized spacial score (nSPS) is 29.7. The van der Waals surface area contributed by atoms with Gasteiger partial charge in [-0.1, -0.05) is 18.6 Å². The van der Waals surface area contributed by atoms with Crippen molar-refractivity contribution in [2.24, 2.45) is 0 Å². The van der Waals surface area contributed by atoms with Crippen LogP contribution in [0.4, 0.5) is 0 Å². The van der Waals surface area contributed by atoms with Crippen LogP contribution in [0.2, 0.25) is 0 Å². The van der Waals surface area contributed by atoms with Crippen LogP contribution in [0.25, 0.3) is 0 Å². The highest BCUT2D eigenvalue weighted by molar-refractivity contribution is 7.47. The first kappa shape index (κ1) is 15.4. The first-order valence-corrected chi connectivity index (χ1v) is 8.62. The molecule has 1 N–H and O–H groups in total. The molecule has 0 spiro atoms. The summed E-state index contributed by atoms with van der Waals surface area (Å²) in [4.78, 5) is 35.4. The van der Waals surface area contributed by atoms with Crippen LogP contribution in [0.1, 0.15) is 46.4 Å². The topological polar surface area (TPSA) is 93.1 Å². The lowest BCUT2D eigenvalue weighted by Crippen LogP contribution is -2.41. The van der Waals surface area contributed by atoms with Crippen molar-refractivity contribution in [2.75, 3.05) is 6.61 Å². The van der Waals surface area contributed by atoms with E-state index in [0.717, 1.165) is 11.3 Å². The highest BCUT2D eigenvalue weighted by Crippen LogP contribution is 2.47. The maximum atomic E-state index is 12.4. The number of fused-ring (bicyclic) bond motifs is 1. The third kappa shape index (κ3) is 2.85. The molecule has 0 aliphatic carbocycles. The molecule has 2 aliphatic rings. The molecule has 0 saturated carbocycles. The summed E-state index contributed by atoms with van der Waals surface area (Å²) in [5.41, 5.74) is 0.564. The molecule has 22 heavy (non-hydrogen) atoms. The van der Waals surface area contributed by atoms with Crippen LogP contribution in [0.15, 0.2) is 24.3 Å². The van der Waals surface area contributed by atoms with Gasteiger partial charge in [-0.15, -0.1) is 0 Å². The van der Waals surface area contributed by atoms with E-state index in [1.165, 1.54) is 0 Å². The molecule has 7 nitrogen and oxygen atoms in total. The molecule has 2 heterocycles. The van der Waals surface area contributed by atoms with Gasteiger partial charge < -0.3 is 4.89 Å². The van der Waals surface area contributed by atoms with Crippen molar-refractivity contribution in [3.8, 4) is 0 Å². The van der Waals surface area contributed by atoms with Crippen LogP contribution in [-0.2, 0) is 13.6 Å². The van der Waals surface area contributed by atoms with Gasteiger partial charge in [0.2, 0.25) is 0 Å². The van der Waals surface area contributed by atoms with E-state index < -0.39 is 25.9 Å². The smallest absolute Gasteiger partial charge is 0.302 e. The van der Waals surface area contributed by atoms with Crippen LogP contribution in [0, 0.1) is 0 Å². The maximum absolute atomic E-state index is 12.4. The van der Waals surface area contributed by atoms with Gasteiger partial charge >= 0.3 is 7.82 Å². The third-order valence-corrected chi connectivity index (χ3v) is 4.74. The largest absolute Gasteiger partial charge is 0.474 e. The van der Waals surface area contributed by atoms with E-state index in [9.17, 15) is 19.0 Å². The van der Waals surface area contributed by atoms with Crippen molar-refractivity contribution in [3.05, 3.63) is 35.4 Å². The summed E-state index contributed by atoms with van der Waals surface area (Å²) < 4.78 is 21.8. The number of imide groups is 1. The number of amides is 2. The number of carbonyl (C=O) groups is 2. The van der Waals surface area contributed by atoms with Gasteiger partial charge in [0.25, 0.3) is 11.8 Å². The average Bonchev–Trinajstić information content (AvgIpc) is 2.77. The SMILES string of the molecule is O=C1c2ccccc2C(=O)N1C1CCCCCOP(=O)(O)O1. The number of phosphoric ester groups is 1. The first-order valence-electron chi connectivity index (χ1n) is 7.12. The molecule has 1 aromatic rings. The van der Waals surface area contributed by atoms with Gasteiger partial charge in [-0.05, 0) is 31.4 Å². The Kier molecular flexibility index (Phi) is 4.14. The van der Waals surface area contributed by atoms with E-state index in [1.54, 1.807) is 24.3 Å². The number of carbonyl (C=O) groups excluding carboxylic acids is 2. The molecule has 0 radical (unpaired) electrons. The van der Waals surface area contributed by atoms with Crippen molar-refractivity contribution >= 4 is 19.6 Å². The Labute approximate surface area is 127 Å². The van der Waals surface area contributed by atoms with Gasteiger partial charge in [-0.25, -0.2) is 9.46 Å². The van der Waals surface area contributed by atoms with Crippen LogP contribution < -0.4 is 0 Å². The van der Waals surface area contributed by atoms with Gasteiger partial charge in [0.15, 0.2) is 6.23 Å². The Balaban J connectivity index is 1.90. The van der Waals surface area contributed by atoms with Gasteiger partial charge in [0, 0.05) is 0 Å². The Morgan fingerprint density at radius 3 is 2.36 bits per heavy atom. The van der Waals surface area contributed by atoms with E-state index in [2.05, 4.69) is 0 Å². The minimum Gasteiger partial charge on any atom is -0.302 e. The summed E-state index contributed by atoms with van der Waals surface area (Å²) in [5, 5.41) is 0. The summed E-state index contributed by atoms with van der Waals surface area (Å²) in [7, 11) is -4.29. The molecule has 3 rings (SSSR count). The molecular formula is C14H16NO6P. The second-order valence-electron chi connectivity index (χ2n) is 5.24. The fraction of sp³-hybridized carbons (Fsp3) is 0.429. The van der Waals surface area contributed by atoms with E-state index in [-0.39, 0.29) is 17.7 Å². The van der Waals surface area contributed by atoms with Crippen molar-refractivity contribution in [1.82, 2.24) is 4.90 Å². The Hall–Kier alpha value is -1.53. The fourth-order valence-electron chi connectivity index (χ4n) is 2.66. The predicted octanol–water partition coefficient (Wildman–Crippen LogP) is 2.32. The highest BCUT2D eigenvalue weighted by Gasteiger charge is 2.43. The minimum absolute atomic E-state index is 0.114. The van der Waals surface area contributed by atoms with E-state index >= 15 is 0 Å². The van der Waals surface area contributed by atoms with Gasteiger partial charge in [0.1, 0.15) is 0 Å². The molecule has 8 heteroatoms. The van der Waals surface area contributed by atoms with Gasteiger partial charge in [0.05, 0.1) is 17.7 Å². The number of hydrogen-bond donors (Lipinski definition) is 1. The second-order valence-corrected chi connectivity index (χ2v) is 6.64. The predicted molar refractivity (Wildman–Crippen MR) is 76.1 cm³/mol. The first-order chi connectivity index (χ1) is 10.5. The zero-order chi connectivity index (χ0) is 15.7. The molecule has 2 amide bonds. The minimum atomic E-state index is -4.29. The summed E-state index contributed by atoms with van der Waals surface area (Å²) >= 11 is 0. The number of benzene rings is 1. The second kappa shape index (κ2) is 5.93. The fourth-order valence-corrected chi connectivity index (χ4v) is 3.59. The van der Waals surface area contributed by atoms with Crippen LogP contribution in [0.3, 0.4) is 0 Å². The summed E-state index contributed by atoms with van der Waals surface area (Å²) in [5.74, 6) is -1.02.